The van der Waals surface area contributed by atoms with E-state index in [1.54, 1.807) is 12.4 Å². The molecular weight excluding hydrogens is 426 g/mol. The molecule has 0 fully saturated rings. The second kappa shape index (κ2) is 9.53. The van der Waals surface area contributed by atoms with Crippen LogP contribution < -0.4 is 4.74 Å². The predicted octanol–water partition coefficient (Wildman–Crippen LogP) is 5.74. The van der Waals surface area contributed by atoms with E-state index < -0.39 is 0 Å². The fourth-order valence-corrected chi connectivity index (χ4v) is 4.27. The van der Waals surface area contributed by atoms with Crippen LogP contribution in [0.4, 0.5) is 0 Å². The van der Waals surface area contributed by atoms with Gasteiger partial charge in [0.25, 0.3) is 0 Å². The third-order valence-electron chi connectivity index (χ3n) is 6.10. The van der Waals surface area contributed by atoms with Crippen molar-refractivity contribution in [2.24, 2.45) is 5.16 Å². The molecule has 0 bridgehead atoms. The summed E-state index contributed by atoms with van der Waals surface area (Å²) in [5, 5.41) is 12.7. The molecule has 0 saturated carbocycles. The topological polar surface area (TPSA) is 71.1 Å². The summed E-state index contributed by atoms with van der Waals surface area (Å²) in [5.41, 5.74) is 7.00. The first kappa shape index (κ1) is 21.9. The van der Waals surface area contributed by atoms with Gasteiger partial charge in [-0.1, -0.05) is 23.4 Å². The summed E-state index contributed by atoms with van der Waals surface area (Å²) in [5.74, 6) is 2.43. The normalized spacial score (nSPS) is 14.0. The third-order valence-corrected chi connectivity index (χ3v) is 6.10. The van der Waals surface area contributed by atoms with Crippen molar-refractivity contribution >= 4 is 5.71 Å². The minimum atomic E-state index is 0.643. The van der Waals surface area contributed by atoms with Crippen LogP contribution in [0.5, 0.6) is 5.75 Å². The molecule has 0 spiro atoms. The number of aromatic nitrogens is 1. The van der Waals surface area contributed by atoms with E-state index >= 15 is 0 Å². The van der Waals surface area contributed by atoms with E-state index in [4.69, 9.17) is 9.15 Å². The molecule has 0 atom stereocenters. The molecule has 0 aliphatic heterocycles. The van der Waals surface area contributed by atoms with Crippen LogP contribution in [0.2, 0.25) is 0 Å². The number of fused-ring (bicyclic) bond motifs is 1. The first-order chi connectivity index (χ1) is 16.6. The van der Waals surface area contributed by atoms with Crippen LogP contribution in [0, 0.1) is 0 Å². The Morgan fingerprint density at radius 1 is 0.912 bits per heavy atom. The van der Waals surface area contributed by atoms with E-state index in [1.165, 1.54) is 5.56 Å². The average Bonchev–Trinajstić information content (AvgIpc) is 3.49. The molecule has 6 heteroatoms. The number of nitrogens with zero attached hydrogens (tertiary/aromatic N) is 3. The summed E-state index contributed by atoms with van der Waals surface area (Å²) in [4.78, 5) is 6.25. The largest absolute Gasteiger partial charge is 0.492 e. The Bertz CT molecular complexity index is 1310. The Kier molecular flexibility index (Phi) is 6.14. The monoisotopic (exact) mass is 453 g/mol. The number of aryl methyl sites for hydroxylation is 1. The van der Waals surface area contributed by atoms with Crippen LogP contribution in [0.15, 0.2) is 82.6 Å². The highest BCUT2D eigenvalue weighted by Gasteiger charge is 2.21. The van der Waals surface area contributed by atoms with E-state index in [-0.39, 0.29) is 0 Å². The highest BCUT2D eigenvalue weighted by atomic mass is 16.5. The molecule has 34 heavy (non-hydrogen) atoms. The van der Waals surface area contributed by atoms with Crippen molar-refractivity contribution in [3.05, 3.63) is 84.2 Å². The lowest BCUT2D eigenvalue weighted by atomic mass is 9.98. The molecule has 0 radical (unpaired) electrons. The minimum absolute atomic E-state index is 0.643. The molecule has 6 nitrogen and oxygen atoms in total. The van der Waals surface area contributed by atoms with Gasteiger partial charge in [0.2, 0.25) is 0 Å². The number of likely N-dealkylation sites (N-methyl/N-ethyl adjacent to an activating group) is 1. The fraction of sp³-hybridized carbons (Fsp3) is 0.214. The molecule has 1 N–H and O–H groups in total. The lowest BCUT2D eigenvalue weighted by Crippen LogP contribution is -2.19. The predicted molar refractivity (Wildman–Crippen MR) is 134 cm³/mol. The van der Waals surface area contributed by atoms with E-state index in [2.05, 4.69) is 33.2 Å². The Morgan fingerprint density at radius 3 is 2.41 bits per heavy atom. The first-order valence-electron chi connectivity index (χ1n) is 11.4. The smallest absolute Gasteiger partial charge is 0.142 e. The first-order valence-corrected chi connectivity index (χ1v) is 11.4. The number of benzene rings is 2. The second-order valence-electron chi connectivity index (χ2n) is 8.68. The van der Waals surface area contributed by atoms with Crippen LogP contribution in [0.1, 0.15) is 17.5 Å². The zero-order chi connectivity index (χ0) is 23.5. The lowest BCUT2D eigenvalue weighted by Gasteiger charge is -2.11. The van der Waals surface area contributed by atoms with Crippen LogP contribution in [0.3, 0.4) is 0 Å². The van der Waals surface area contributed by atoms with Crippen molar-refractivity contribution in [1.29, 1.82) is 0 Å². The molecule has 1 aliphatic rings. The molecule has 5 rings (SSSR count). The minimum Gasteiger partial charge on any atom is -0.492 e. The zero-order valence-corrected chi connectivity index (χ0v) is 19.4. The number of ether oxygens (including phenoxy) is 1. The number of oxime groups is 1. The Hall–Kier alpha value is -3.90. The number of hydrogen-bond donors (Lipinski definition) is 1. The summed E-state index contributed by atoms with van der Waals surface area (Å²) in [6.07, 6.45) is 5.17. The number of hydrogen-bond acceptors (Lipinski definition) is 6. The molecule has 0 unspecified atom stereocenters. The van der Waals surface area contributed by atoms with Gasteiger partial charge in [-0.05, 0) is 80.5 Å². The van der Waals surface area contributed by atoms with Crippen molar-refractivity contribution in [1.82, 2.24) is 9.88 Å². The van der Waals surface area contributed by atoms with Gasteiger partial charge in [0, 0.05) is 41.2 Å². The highest BCUT2D eigenvalue weighted by molar-refractivity contribution is 6.04. The van der Waals surface area contributed by atoms with Gasteiger partial charge in [0.05, 0.1) is 5.71 Å². The van der Waals surface area contributed by atoms with Gasteiger partial charge in [-0.2, -0.15) is 0 Å². The van der Waals surface area contributed by atoms with Crippen LogP contribution in [0.25, 0.3) is 33.8 Å². The van der Waals surface area contributed by atoms with E-state index in [0.29, 0.717) is 6.61 Å². The van der Waals surface area contributed by atoms with Gasteiger partial charge in [-0.3, -0.25) is 4.98 Å². The molecule has 0 saturated heterocycles. The highest BCUT2D eigenvalue weighted by Crippen LogP contribution is 2.40. The quantitative estimate of drug-likeness (QED) is 0.285. The van der Waals surface area contributed by atoms with Gasteiger partial charge < -0.3 is 19.3 Å². The zero-order valence-electron chi connectivity index (χ0n) is 19.4. The van der Waals surface area contributed by atoms with Crippen LogP contribution in [-0.4, -0.2) is 48.0 Å². The summed E-state index contributed by atoms with van der Waals surface area (Å²) in [7, 11) is 4.06. The van der Waals surface area contributed by atoms with Gasteiger partial charge in [-0.25, -0.2) is 0 Å². The van der Waals surface area contributed by atoms with Crippen molar-refractivity contribution in [3.8, 4) is 39.5 Å². The lowest BCUT2D eigenvalue weighted by molar-refractivity contribution is 0.261. The molecular formula is C28H27N3O3. The van der Waals surface area contributed by atoms with E-state index in [1.807, 2.05) is 56.6 Å². The van der Waals surface area contributed by atoms with Crippen LogP contribution in [-0.2, 0) is 6.42 Å². The molecule has 2 heterocycles. The number of rotatable bonds is 7. The summed E-state index contributed by atoms with van der Waals surface area (Å²) in [6.45, 7) is 1.51. The second-order valence-corrected chi connectivity index (χ2v) is 8.68. The van der Waals surface area contributed by atoms with Gasteiger partial charge in [-0.15, -0.1) is 0 Å². The van der Waals surface area contributed by atoms with Crippen molar-refractivity contribution in [2.75, 3.05) is 27.2 Å². The van der Waals surface area contributed by atoms with Gasteiger partial charge in [0.1, 0.15) is 23.9 Å². The van der Waals surface area contributed by atoms with Crippen molar-refractivity contribution in [3.63, 3.8) is 0 Å². The summed E-state index contributed by atoms with van der Waals surface area (Å²) >= 11 is 0. The molecule has 0 amide bonds. The SMILES string of the molecule is CN(C)CCOc1ccc(-c2cc(-c3ccc4c(c3)CC/C4=N/O)c(-c3ccncc3)o2)cc1. The summed E-state index contributed by atoms with van der Waals surface area (Å²) < 4.78 is 12.2. The molecule has 2 aromatic heterocycles. The summed E-state index contributed by atoms with van der Waals surface area (Å²) in [6, 6.07) is 20.3. The molecule has 172 valence electrons. The van der Waals surface area contributed by atoms with Gasteiger partial charge in [0.15, 0.2) is 0 Å². The number of pyridine rings is 1. The standard InChI is InChI=1S/C28H27N3O3/c1-31(2)15-16-33-23-7-3-19(4-8-23)27-18-25(28(34-27)20-11-13-29-14-12-20)22-5-9-24-21(17-22)6-10-26(24)30-32/h3-5,7-9,11-14,17-18,32H,6,10,15-16H2,1-2H3/b30-26-. The molecule has 1 aliphatic carbocycles. The Balaban J connectivity index is 1.50. The maximum Gasteiger partial charge on any atom is 0.142 e. The molecule has 2 aromatic carbocycles. The average molecular weight is 454 g/mol. The van der Waals surface area contributed by atoms with Gasteiger partial charge >= 0.3 is 0 Å². The Labute approximate surface area is 199 Å². The maximum atomic E-state index is 9.27. The van der Waals surface area contributed by atoms with Crippen molar-refractivity contribution in [2.45, 2.75) is 12.8 Å². The maximum absolute atomic E-state index is 9.27. The Morgan fingerprint density at radius 2 is 1.68 bits per heavy atom. The van der Waals surface area contributed by atoms with E-state index in [0.717, 1.165) is 70.2 Å². The fourth-order valence-electron chi connectivity index (χ4n) is 4.27. The number of furan rings is 1. The van der Waals surface area contributed by atoms with Crippen molar-refractivity contribution < 1.29 is 14.4 Å². The van der Waals surface area contributed by atoms with E-state index in [9.17, 15) is 5.21 Å². The molecule has 4 aromatic rings. The van der Waals surface area contributed by atoms with Crippen LogP contribution >= 0.6 is 0 Å². The third kappa shape index (κ3) is 4.45.